The normalized spacial score (nSPS) is 18.0. The largest absolute Gasteiger partial charge is 0.472 e. The van der Waals surface area contributed by atoms with Crippen LogP contribution in [0.1, 0.15) is 142 Å². The Labute approximate surface area is 322 Å². The Bertz CT molecular complexity index is 1110. The summed E-state index contributed by atoms with van der Waals surface area (Å²) < 4.78 is 39.9. The Morgan fingerprint density at radius 3 is 1.92 bits per heavy atom. The minimum atomic E-state index is -4.39. The van der Waals surface area contributed by atoms with Crippen LogP contribution in [-0.4, -0.2) is 87.1 Å². The highest BCUT2D eigenvalue weighted by Gasteiger charge is 2.36. The number of quaternary nitrogens is 1. The Kier molecular flexibility index (Phi) is 28.8. The van der Waals surface area contributed by atoms with E-state index in [4.69, 9.17) is 23.3 Å². The Morgan fingerprint density at radius 1 is 0.679 bits per heavy atom. The van der Waals surface area contributed by atoms with Gasteiger partial charge in [-0.2, -0.15) is 0 Å². The molecule has 0 aliphatic carbocycles. The van der Waals surface area contributed by atoms with E-state index in [1.807, 2.05) is 21.1 Å². The third-order valence-electron chi connectivity index (χ3n) is 8.73. The summed E-state index contributed by atoms with van der Waals surface area (Å²) in [6.07, 6.45) is 36.2. The minimum Gasteiger partial charge on any atom is -0.462 e. The molecule has 306 valence electrons. The van der Waals surface area contributed by atoms with Crippen molar-refractivity contribution in [1.29, 1.82) is 0 Å². The van der Waals surface area contributed by atoms with Crippen LogP contribution in [0.2, 0.25) is 0 Å². The van der Waals surface area contributed by atoms with Crippen LogP contribution in [0.4, 0.5) is 0 Å². The maximum atomic E-state index is 12.7. The smallest absolute Gasteiger partial charge is 0.462 e. The van der Waals surface area contributed by atoms with Crippen LogP contribution in [0.5, 0.6) is 0 Å². The van der Waals surface area contributed by atoms with Crippen LogP contribution in [0.3, 0.4) is 0 Å². The first kappa shape index (κ1) is 48.9. The van der Waals surface area contributed by atoms with Gasteiger partial charge in [-0.15, -0.1) is 0 Å². The van der Waals surface area contributed by atoms with Crippen molar-refractivity contribution in [3.63, 3.8) is 0 Å². The average Bonchev–Trinajstić information content (AvgIpc) is 3.86. The lowest BCUT2D eigenvalue weighted by atomic mass is 10.1. The molecule has 1 fully saturated rings. The van der Waals surface area contributed by atoms with E-state index in [1.54, 1.807) is 0 Å². The summed E-state index contributed by atoms with van der Waals surface area (Å²) >= 11 is 0. The summed E-state index contributed by atoms with van der Waals surface area (Å²) in [6.45, 7) is 4.24. The number of hydrogen-bond acceptors (Lipinski definition) is 8. The molecule has 10 nitrogen and oxygen atoms in total. The Morgan fingerprint density at radius 2 is 1.23 bits per heavy atom. The number of epoxide rings is 1. The molecule has 1 rings (SSSR count). The van der Waals surface area contributed by atoms with Crippen molar-refractivity contribution >= 4 is 19.8 Å². The molecule has 3 unspecified atom stereocenters. The van der Waals surface area contributed by atoms with Crippen molar-refractivity contribution in [2.24, 2.45) is 0 Å². The van der Waals surface area contributed by atoms with Crippen LogP contribution < -0.4 is 0 Å². The van der Waals surface area contributed by atoms with Gasteiger partial charge in [0.25, 0.3) is 0 Å². The van der Waals surface area contributed by atoms with E-state index in [0.717, 1.165) is 64.2 Å². The molecule has 1 aliphatic heterocycles. The Balaban J connectivity index is 2.37. The number of hydrogen-bond donors (Lipinski definition) is 1. The van der Waals surface area contributed by atoms with Crippen molar-refractivity contribution in [2.45, 2.75) is 161 Å². The van der Waals surface area contributed by atoms with Crippen LogP contribution in [0.25, 0.3) is 0 Å². The van der Waals surface area contributed by atoms with Gasteiger partial charge < -0.3 is 23.6 Å². The van der Waals surface area contributed by atoms with Gasteiger partial charge >= 0.3 is 19.8 Å². The monoisotopic (exact) mass is 769 g/mol. The molecular weight excluding hydrogens is 693 g/mol. The van der Waals surface area contributed by atoms with Crippen molar-refractivity contribution < 1.29 is 46.8 Å². The van der Waals surface area contributed by atoms with Gasteiger partial charge in [0.15, 0.2) is 6.10 Å². The number of ether oxygens (including phenoxy) is 3. The number of phosphoric ester groups is 1. The first-order valence-electron chi connectivity index (χ1n) is 20.5. The van der Waals surface area contributed by atoms with Gasteiger partial charge in [0.05, 0.1) is 40.0 Å². The van der Waals surface area contributed by atoms with Crippen LogP contribution in [0, 0.1) is 0 Å². The molecule has 1 aliphatic rings. The number of allylic oxidation sites excluding steroid dienone is 6. The molecule has 0 bridgehead atoms. The molecule has 4 atom stereocenters. The first-order valence-corrected chi connectivity index (χ1v) is 22.0. The first-order chi connectivity index (χ1) is 25.5. The lowest BCUT2D eigenvalue weighted by Gasteiger charge is -2.24. The van der Waals surface area contributed by atoms with Gasteiger partial charge in [0, 0.05) is 12.8 Å². The number of esters is 2. The number of phosphoric acid groups is 1. The number of likely N-dealkylation sites (N-methyl/N-ethyl adjacent to an activating group) is 1. The summed E-state index contributed by atoms with van der Waals surface area (Å²) in [5.41, 5.74) is 0. The van der Waals surface area contributed by atoms with Crippen molar-refractivity contribution in [2.75, 3.05) is 47.5 Å². The lowest BCUT2D eigenvalue weighted by molar-refractivity contribution is -0.870. The molecule has 0 aromatic heterocycles. The van der Waals surface area contributed by atoms with E-state index in [1.165, 1.54) is 32.1 Å². The number of carbonyl (C=O) groups is 2. The molecular formula is C42H75NO9P+. The summed E-state index contributed by atoms with van der Waals surface area (Å²) in [6, 6.07) is 0. The highest BCUT2D eigenvalue weighted by molar-refractivity contribution is 7.47. The third-order valence-corrected chi connectivity index (χ3v) is 9.72. The SMILES string of the molecule is CCCC/C=C\CCCCCCCC(=O)OC[C@H](COP(=O)(O)OCC[N+](C)(C)C)OC(=O)CCC/C=C\CC1OC1C/C=C\C/C=C\CCCCC. The van der Waals surface area contributed by atoms with Crippen molar-refractivity contribution in [3.8, 4) is 0 Å². The van der Waals surface area contributed by atoms with Crippen molar-refractivity contribution in [1.82, 2.24) is 0 Å². The highest BCUT2D eigenvalue weighted by Crippen LogP contribution is 2.43. The molecule has 0 radical (unpaired) electrons. The fourth-order valence-corrected chi connectivity index (χ4v) is 6.06. The molecule has 0 amide bonds. The maximum Gasteiger partial charge on any atom is 0.472 e. The summed E-state index contributed by atoms with van der Waals surface area (Å²) in [5.74, 6) is -0.889. The van der Waals surface area contributed by atoms with Crippen molar-refractivity contribution in [3.05, 3.63) is 48.6 Å². The molecule has 1 N–H and O–H groups in total. The summed E-state index contributed by atoms with van der Waals surface area (Å²) in [7, 11) is 1.42. The van der Waals surface area contributed by atoms with E-state index in [2.05, 4.69) is 62.5 Å². The molecule has 1 saturated heterocycles. The Hall–Kier alpha value is -2.07. The second kappa shape index (κ2) is 31.2. The third kappa shape index (κ3) is 31.9. The van der Waals surface area contributed by atoms with Gasteiger partial charge in [-0.1, -0.05) is 107 Å². The lowest BCUT2D eigenvalue weighted by Crippen LogP contribution is -2.37. The zero-order valence-corrected chi connectivity index (χ0v) is 34.8. The van der Waals surface area contributed by atoms with Crippen LogP contribution in [-0.2, 0) is 37.4 Å². The zero-order valence-electron chi connectivity index (χ0n) is 33.9. The molecule has 0 aromatic rings. The van der Waals surface area contributed by atoms with Crippen LogP contribution >= 0.6 is 7.82 Å². The van der Waals surface area contributed by atoms with E-state index in [-0.39, 0.29) is 38.3 Å². The fourth-order valence-electron chi connectivity index (χ4n) is 5.32. The van der Waals surface area contributed by atoms with Gasteiger partial charge in [0.1, 0.15) is 19.8 Å². The van der Waals surface area contributed by atoms with Gasteiger partial charge in [-0.05, 0) is 70.6 Å². The van der Waals surface area contributed by atoms with Gasteiger partial charge in [0.2, 0.25) is 0 Å². The van der Waals surface area contributed by atoms with E-state index in [9.17, 15) is 19.0 Å². The fraction of sp³-hybridized carbons (Fsp3) is 0.762. The standard InChI is InChI=1S/C42H74NO9P/c1-6-8-10-12-14-16-17-19-21-23-28-32-41(44)48-36-38(37-50-53(46,47)49-35-34-43(3,4)5)51-42(45)33-29-25-24-27-31-40-39(52-40)30-26-22-20-18-15-13-11-9-7-2/h12,14-15,18,22,24,26-27,38-40H,6-11,13,16-17,19-21,23,25,28-37H2,1-5H3/p+1/b14-12-,18-15-,26-22-,27-24-/t38-,39?,40?/m1/s1. The predicted octanol–water partition coefficient (Wildman–Crippen LogP) is 10.1. The van der Waals surface area contributed by atoms with Gasteiger partial charge in [-0.3, -0.25) is 18.6 Å². The number of rotatable bonds is 35. The van der Waals surface area contributed by atoms with E-state index < -0.39 is 32.5 Å². The second-order valence-electron chi connectivity index (χ2n) is 15.0. The topological polar surface area (TPSA) is 121 Å². The molecule has 11 heteroatoms. The quantitative estimate of drug-likeness (QED) is 0.0168. The zero-order chi connectivity index (χ0) is 39.0. The van der Waals surface area contributed by atoms with Crippen LogP contribution in [0.15, 0.2) is 48.6 Å². The summed E-state index contributed by atoms with van der Waals surface area (Å²) in [4.78, 5) is 35.3. The average molecular weight is 769 g/mol. The molecule has 0 spiro atoms. The molecule has 53 heavy (non-hydrogen) atoms. The maximum absolute atomic E-state index is 12.7. The minimum absolute atomic E-state index is 0.0155. The highest BCUT2D eigenvalue weighted by atomic mass is 31.2. The summed E-state index contributed by atoms with van der Waals surface area (Å²) in [5, 5.41) is 0. The second-order valence-corrected chi connectivity index (χ2v) is 16.5. The number of carbonyl (C=O) groups excluding carboxylic acids is 2. The van der Waals surface area contributed by atoms with Gasteiger partial charge in [-0.25, -0.2) is 4.57 Å². The van der Waals surface area contributed by atoms with E-state index in [0.29, 0.717) is 30.3 Å². The predicted molar refractivity (Wildman–Crippen MR) is 214 cm³/mol. The number of nitrogens with zero attached hydrogens (tertiary/aromatic N) is 1. The molecule has 1 heterocycles. The molecule has 0 saturated carbocycles. The molecule has 0 aromatic carbocycles. The van der Waals surface area contributed by atoms with E-state index >= 15 is 0 Å². The number of unbranched alkanes of at least 4 members (excludes halogenated alkanes) is 11.